The number of nitrogens with one attached hydrogen (secondary N) is 1. The van der Waals surface area contributed by atoms with Gasteiger partial charge in [-0.05, 0) is 31.0 Å². The lowest BCUT2D eigenvalue weighted by Crippen LogP contribution is -2.31. The molecule has 0 spiro atoms. The Bertz CT molecular complexity index is 921. The second-order valence-corrected chi connectivity index (χ2v) is 8.82. The number of hydrogen-bond acceptors (Lipinski definition) is 6. The predicted molar refractivity (Wildman–Crippen MR) is 96.3 cm³/mol. The SMILES string of the molecule is CCN(CC)S(=O)(=O)c1cc(C(=O)Nc2nnc(C3CC3)s2)ccc1F. The van der Waals surface area contributed by atoms with E-state index in [4.69, 9.17) is 0 Å². The molecule has 0 saturated heterocycles. The summed E-state index contributed by atoms with van der Waals surface area (Å²) in [4.78, 5) is 11.9. The van der Waals surface area contributed by atoms with E-state index in [1.54, 1.807) is 13.8 Å². The third kappa shape index (κ3) is 3.76. The molecule has 3 rings (SSSR count). The fourth-order valence-electron chi connectivity index (χ4n) is 2.49. The Labute approximate surface area is 155 Å². The third-order valence-corrected chi connectivity index (χ3v) is 7.17. The lowest BCUT2D eigenvalue weighted by molar-refractivity contribution is 0.102. The number of amides is 1. The number of anilines is 1. The molecule has 1 aliphatic carbocycles. The van der Waals surface area contributed by atoms with Crippen LogP contribution in [-0.2, 0) is 10.0 Å². The number of benzene rings is 1. The molecule has 0 unspecified atom stereocenters. The summed E-state index contributed by atoms with van der Waals surface area (Å²) in [5.74, 6) is -1.02. The van der Waals surface area contributed by atoms with Crippen LogP contribution in [0.5, 0.6) is 0 Å². The van der Waals surface area contributed by atoms with E-state index in [0.717, 1.165) is 34.3 Å². The Hall–Kier alpha value is -1.91. The quantitative estimate of drug-likeness (QED) is 0.774. The first-order valence-corrected chi connectivity index (χ1v) is 10.6. The zero-order valence-corrected chi connectivity index (χ0v) is 16.0. The Morgan fingerprint density at radius 1 is 1.31 bits per heavy atom. The summed E-state index contributed by atoms with van der Waals surface area (Å²) >= 11 is 1.30. The maximum Gasteiger partial charge on any atom is 0.257 e. The minimum Gasteiger partial charge on any atom is -0.296 e. The van der Waals surface area contributed by atoms with Crippen LogP contribution in [0.2, 0.25) is 0 Å². The lowest BCUT2D eigenvalue weighted by atomic mass is 10.2. The first kappa shape index (κ1) is 18.9. The number of hydrogen-bond donors (Lipinski definition) is 1. The molecular formula is C16H19FN4O3S2. The molecule has 1 fully saturated rings. The number of aromatic nitrogens is 2. The van der Waals surface area contributed by atoms with Crippen molar-refractivity contribution in [2.24, 2.45) is 0 Å². The summed E-state index contributed by atoms with van der Waals surface area (Å²) in [6, 6.07) is 3.29. The van der Waals surface area contributed by atoms with Crippen molar-refractivity contribution in [2.45, 2.75) is 37.5 Å². The molecule has 10 heteroatoms. The van der Waals surface area contributed by atoms with Crippen molar-refractivity contribution in [2.75, 3.05) is 18.4 Å². The minimum absolute atomic E-state index is 0.0419. The molecule has 1 aromatic heterocycles. The zero-order valence-electron chi connectivity index (χ0n) is 14.4. The smallest absolute Gasteiger partial charge is 0.257 e. The third-order valence-electron chi connectivity index (χ3n) is 4.10. The standard InChI is InChI=1S/C16H19FN4O3S2/c1-3-21(4-2)26(23,24)13-9-11(7-8-12(13)17)14(22)18-16-20-19-15(25-16)10-5-6-10/h7-10H,3-6H2,1-2H3,(H,18,20,22). The van der Waals surface area contributed by atoms with Gasteiger partial charge in [-0.2, -0.15) is 4.31 Å². The molecule has 1 aliphatic rings. The lowest BCUT2D eigenvalue weighted by Gasteiger charge is -2.19. The van der Waals surface area contributed by atoms with E-state index in [0.29, 0.717) is 11.0 Å². The van der Waals surface area contributed by atoms with Gasteiger partial charge in [0, 0.05) is 24.6 Å². The average Bonchev–Trinajstić information content (AvgIpc) is 3.35. The summed E-state index contributed by atoms with van der Waals surface area (Å²) in [7, 11) is -4.01. The second kappa shape index (κ2) is 7.37. The number of halogens is 1. The largest absolute Gasteiger partial charge is 0.296 e. The molecule has 1 saturated carbocycles. The molecule has 2 aromatic rings. The molecule has 1 heterocycles. The van der Waals surface area contributed by atoms with Gasteiger partial charge in [0.1, 0.15) is 15.7 Å². The van der Waals surface area contributed by atoms with E-state index in [2.05, 4.69) is 15.5 Å². The normalized spacial score (nSPS) is 14.6. The molecule has 1 N–H and O–H groups in total. The van der Waals surface area contributed by atoms with E-state index in [1.165, 1.54) is 17.4 Å². The fourth-order valence-corrected chi connectivity index (χ4v) is 4.95. The maximum absolute atomic E-state index is 14.1. The summed E-state index contributed by atoms with van der Waals surface area (Å²) in [6.07, 6.45) is 2.15. The Balaban J connectivity index is 1.84. The summed E-state index contributed by atoms with van der Waals surface area (Å²) in [5.41, 5.74) is 0.0419. The van der Waals surface area contributed by atoms with Crippen molar-refractivity contribution in [3.63, 3.8) is 0 Å². The molecular weight excluding hydrogens is 379 g/mol. The van der Waals surface area contributed by atoms with E-state index >= 15 is 0 Å². The topological polar surface area (TPSA) is 92.3 Å². The van der Waals surface area contributed by atoms with Crippen LogP contribution in [-0.4, -0.2) is 41.9 Å². The van der Waals surface area contributed by atoms with E-state index in [9.17, 15) is 17.6 Å². The van der Waals surface area contributed by atoms with Crippen molar-refractivity contribution >= 4 is 32.4 Å². The molecule has 0 radical (unpaired) electrons. The van der Waals surface area contributed by atoms with Crippen molar-refractivity contribution < 1.29 is 17.6 Å². The Morgan fingerprint density at radius 2 is 2.00 bits per heavy atom. The Kier molecular flexibility index (Phi) is 5.35. The molecule has 0 aliphatic heterocycles. The van der Waals surface area contributed by atoms with Gasteiger partial charge in [-0.1, -0.05) is 25.2 Å². The number of sulfonamides is 1. The molecule has 0 atom stereocenters. The fraction of sp³-hybridized carbons (Fsp3) is 0.438. The second-order valence-electron chi connectivity index (χ2n) is 5.91. The van der Waals surface area contributed by atoms with Crippen LogP contribution in [0.15, 0.2) is 23.1 Å². The molecule has 1 amide bonds. The van der Waals surface area contributed by atoms with Gasteiger partial charge in [0.05, 0.1) is 0 Å². The number of rotatable bonds is 7. The van der Waals surface area contributed by atoms with Gasteiger partial charge < -0.3 is 0 Å². The van der Waals surface area contributed by atoms with Gasteiger partial charge >= 0.3 is 0 Å². The number of carbonyl (C=O) groups is 1. The Morgan fingerprint density at radius 3 is 2.62 bits per heavy atom. The first-order chi connectivity index (χ1) is 12.4. The van der Waals surface area contributed by atoms with Crippen LogP contribution in [0.25, 0.3) is 0 Å². The summed E-state index contributed by atoms with van der Waals surface area (Å²) < 4.78 is 40.4. The monoisotopic (exact) mass is 398 g/mol. The molecule has 26 heavy (non-hydrogen) atoms. The highest BCUT2D eigenvalue weighted by Crippen LogP contribution is 2.42. The highest BCUT2D eigenvalue weighted by Gasteiger charge is 2.29. The van der Waals surface area contributed by atoms with Crippen LogP contribution in [0.3, 0.4) is 0 Å². The van der Waals surface area contributed by atoms with Gasteiger partial charge in [-0.25, -0.2) is 12.8 Å². The zero-order chi connectivity index (χ0) is 18.9. The first-order valence-electron chi connectivity index (χ1n) is 8.31. The van der Waals surface area contributed by atoms with Crippen LogP contribution in [0, 0.1) is 5.82 Å². The van der Waals surface area contributed by atoms with Crippen LogP contribution < -0.4 is 5.32 Å². The van der Waals surface area contributed by atoms with Gasteiger partial charge in [0.2, 0.25) is 15.2 Å². The van der Waals surface area contributed by atoms with Crippen molar-refractivity contribution in [3.8, 4) is 0 Å². The van der Waals surface area contributed by atoms with E-state index < -0.39 is 26.6 Å². The van der Waals surface area contributed by atoms with Crippen LogP contribution >= 0.6 is 11.3 Å². The van der Waals surface area contributed by atoms with Gasteiger partial charge in [-0.15, -0.1) is 10.2 Å². The maximum atomic E-state index is 14.1. The number of nitrogens with zero attached hydrogens (tertiary/aromatic N) is 3. The van der Waals surface area contributed by atoms with E-state index in [1.807, 2.05) is 0 Å². The van der Waals surface area contributed by atoms with Crippen molar-refractivity contribution in [1.82, 2.24) is 14.5 Å². The number of carbonyl (C=O) groups excluding carboxylic acids is 1. The minimum atomic E-state index is -4.01. The molecule has 1 aromatic carbocycles. The van der Waals surface area contributed by atoms with Gasteiger partial charge in [0.15, 0.2) is 0 Å². The van der Waals surface area contributed by atoms with Crippen LogP contribution in [0.4, 0.5) is 9.52 Å². The van der Waals surface area contributed by atoms with E-state index in [-0.39, 0.29) is 18.7 Å². The molecule has 7 nitrogen and oxygen atoms in total. The molecule has 140 valence electrons. The highest BCUT2D eigenvalue weighted by atomic mass is 32.2. The predicted octanol–water partition coefficient (Wildman–Crippen LogP) is 2.84. The van der Waals surface area contributed by atoms with Crippen molar-refractivity contribution in [1.29, 1.82) is 0 Å². The summed E-state index contributed by atoms with van der Waals surface area (Å²) in [6.45, 7) is 3.76. The van der Waals surface area contributed by atoms with Gasteiger partial charge in [0.25, 0.3) is 5.91 Å². The van der Waals surface area contributed by atoms with Crippen LogP contribution in [0.1, 0.15) is 48.0 Å². The highest BCUT2D eigenvalue weighted by molar-refractivity contribution is 7.89. The average molecular weight is 398 g/mol. The van der Waals surface area contributed by atoms with Crippen molar-refractivity contribution in [3.05, 3.63) is 34.6 Å². The van der Waals surface area contributed by atoms with Gasteiger partial charge in [-0.3, -0.25) is 10.1 Å². The molecule has 0 bridgehead atoms. The summed E-state index contributed by atoms with van der Waals surface area (Å²) in [5, 5.41) is 11.8.